The van der Waals surface area contributed by atoms with Crippen molar-refractivity contribution in [2.45, 2.75) is 0 Å². The summed E-state index contributed by atoms with van der Waals surface area (Å²) >= 11 is 4.89. The highest BCUT2D eigenvalue weighted by Crippen LogP contribution is 2.30. The molecular weight excluding hydrogens is 368 g/mol. The van der Waals surface area contributed by atoms with E-state index in [9.17, 15) is 9.59 Å². The molecule has 0 spiro atoms. The third kappa shape index (κ3) is 4.24. The third-order valence-corrected chi connectivity index (χ3v) is 3.95. The Morgan fingerprint density at radius 3 is 2.33 bits per heavy atom. The van der Waals surface area contributed by atoms with Crippen LogP contribution in [0, 0.1) is 0 Å². The van der Waals surface area contributed by atoms with Crippen molar-refractivity contribution in [2.75, 3.05) is 14.2 Å². The highest BCUT2D eigenvalue weighted by atomic mass is 32.1. The second-order valence-electron chi connectivity index (χ2n) is 5.49. The molecule has 1 amide bonds. The monoisotopic (exact) mass is 384 g/mol. The fraction of sp³-hybridized carbons (Fsp3) is 0.105. The number of carbonyl (C=O) groups is 2. The second kappa shape index (κ2) is 7.88. The number of ether oxygens (including phenoxy) is 3. The standard InChI is InChI=1S/C19H16N2O5S/c1-24-13-6-4-12(5-7-13)18(23)26-15-8-3-11(10-16(15)25-2)9-14-17(22)21-19(27)20-14/h3-10H,1-2H3,(H2,20,21,22,27)/b14-9-. The van der Waals surface area contributed by atoms with Crippen molar-refractivity contribution < 1.29 is 23.8 Å². The summed E-state index contributed by atoms with van der Waals surface area (Å²) in [7, 11) is 3.01. The molecule has 0 radical (unpaired) electrons. The van der Waals surface area contributed by atoms with Crippen LogP contribution in [-0.2, 0) is 4.79 Å². The van der Waals surface area contributed by atoms with Gasteiger partial charge in [0.2, 0.25) is 0 Å². The van der Waals surface area contributed by atoms with Crippen molar-refractivity contribution in [2.24, 2.45) is 0 Å². The van der Waals surface area contributed by atoms with Crippen molar-refractivity contribution in [3.63, 3.8) is 0 Å². The molecule has 1 saturated heterocycles. The van der Waals surface area contributed by atoms with Crippen molar-refractivity contribution >= 4 is 35.3 Å². The molecule has 1 aliphatic heterocycles. The first-order valence-electron chi connectivity index (χ1n) is 7.88. The van der Waals surface area contributed by atoms with Crippen molar-refractivity contribution in [3.8, 4) is 17.2 Å². The summed E-state index contributed by atoms with van der Waals surface area (Å²) < 4.78 is 15.8. The molecule has 1 fully saturated rings. The number of nitrogens with one attached hydrogen (secondary N) is 2. The molecule has 2 aromatic rings. The zero-order valence-corrected chi connectivity index (χ0v) is 15.4. The van der Waals surface area contributed by atoms with Gasteiger partial charge in [-0.2, -0.15) is 0 Å². The summed E-state index contributed by atoms with van der Waals surface area (Å²) in [4.78, 5) is 24.0. The van der Waals surface area contributed by atoms with Crippen LogP contribution in [0.5, 0.6) is 17.2 Å². The third-order valence-electron chi connectivity index (χ3n) is 3.75. The van der Waals surface area contributed by atoms with Crippen molar-refractivity contribution in [3.05, 3.63) is 59.3 Å². The van der Waals surface area contributed by atoms with Crippen LogP contribution in [0.1, 0.15) is 15.9 Å². The minimum absolute atomic E-state index is 0.253. The number of hydrogen-bond acceptors (Lipinski definition) is 6. The van der Waals surface area contributed by atoms with E-state index >= 15 is 0 Å². The van der Waals surface area contributed by atoms with Crippen LogP contribution in [0.3, 0.4) is 0 Å². The lowest BCUT2D eigenvalue weighted by Crippen LogP contribution is -2.21. The quantitative estimate of drug-likeness (QED) is 0.354. The molecule has 0 unspecified atom stereocenters. The van der Waals surface area contributed by atoms with Gasteiger partial charge < -0.3 is 19.5 Å². The molecule has 2 N–H and O–H groups in total. The van der Waals surface area contributed by atoms with E-state index in [1.54, 1.807) is 55.7 Å². The van der Waals surface area contributed by atoms with E-state index in [4.69, 9.17) is 26.4 Å². The molecule has 1 heterocycles. The van der Waals surface area contributed by atoms with Crippen molar-refractivity contribution in [1.29, 1.82) is 0 Å². The highest BCUT2D eigenvalue weighted by molar-refractivity contribution is 7.80. The zero-order valence-electron chi connectivity index (χ0n) is 14.6. The summed E-state index contributed by atoms with van der Waals surface area (Å²) in [6.45, 7) is 0. The topological polar surface area (TPSA) is 85.9 Å². The van der Waals surface area contributed by atoms with Crippen LogP contribution < -0.4 is 24.8 Å². The van der Waals surface area contributed by atoms with Gasteiger partial charge in [0.1, 0.15) is 11.4 Å². The van der Waals surface area contributed by atoms with Gasteiger partial charge in [-0.1, -0.05) is 6.07 Å². The summed E-state index contributed by atoms with van der Waals surface area (Å²) in [5.74, 6) is 0.427. The SMILES string of the molecule is COc1ccc(C(=O)Oc2ccc(/C=C3\NC(=S)NC3=O)cc2OC)cc1. The molecular formula is C19H16N2O5S. The van der Waals surface area contributed by atoms with Crippen LogP contribution in [0.2, 0.25) is 0 Å². The first-order valence-corrected chi connectivity index (χ1v) is 8.29. The van der Waals surface area contributed by atoms with Crippen LogP contribution >= 0.6 is 12.2 Å². The minimum atomic E-state index is -0.524. The highest BCUT2D eigenvalue weighted by Gasteiger charge is 2.20. The predicted molar refractivity (Wildman–Crippen MR) is 103 cm³/mol. The fourth-order valence-corrected chi connectivity index (χ4v) is 2.60. The maximum absolute atomic E-state index is 12.3. The predicted octanol–water partition coefficient (Wildman–Crippen LogP) is 2.27. The molecule has 7 nitrogen and oxygen atoms in total. The number of carbonyl (C=O) groups excluding carboxylic acids is 2. The Labute approximate surface area is 160 Å². The van der Waals surface area contributed by atoms with Gasteiger partial charge in [-0.3, -0.25) is 10.1 Å². The van der Waals surface area contributed by atoms with E-state index in [0.717, 1.165) is 0 Å². The second-order valence-corrected chi connectivity index (χ2v) is 5.90. The first kappa shape index (κ1) is 18.4. The van der Waals surface area contributed by atoms with Gasteiger partial charge in [0.05, 0.1) is 19.8 Å². The van der Waals surface area contributed by atoms with E-state index in [1.165, 1.54) is 7.11 Å². The maximum Gasteiger partial charge on any atom is 0.343 e. The first-order chi connectivity index (χ1) is 13.0. The summed E-state index contributed by atoms with van der Waals surface area (Å²) in [6.07, 6.45) is 1.62. The smallest absolute Gasteiger partial charge is 0.343 e. The number of thiocarbonyl (C=S) groups is 1. The minimum Gasteiger partial charge on any atom is -0.497 e. The van der Waals surface area contributed by atoms with Crippen LogP contribution in [0.15, 0.2) is 48.2 Å². The Hall–Kier alpha value is -3.39. The number of hydrogen-bond donors (Lipinski definition) is 2. The van der Waals surface area contributed by atoms with Crippen LogP contribution in [-0.4, -0.2) is 31.2 Å². The molecule has 0 aromatic heterocycles. The number of benzene rings is 2. The van der Waals surface area contributed by atoms with Crippen LogP contribution in [0.4, 0.5) is 0 Å². The largest absolute Gasteiger partial charge is 0.497 e. The van der Waals surface area contributed by atoms with E-state index in [1.807, 2.05) is 0 Å². The number of esters is 1. The Morgan fingerprint density at radius 2 is 1.74 bits per heavy atom. The Morgan fingerprint density at radius 1 is 1.00 bits per heavy atom. The van der Waals surface area contributed by atoms with E-state index in [-0.39, 0.29) is 16.8 Å². The van der Waals surface area contributed by atoms with Gasteiger partial charge in [0, 0.05) is 0 Å². The molecule has 0 aliphatic carbocycles. The lowest BCUT2D eigenvalue weighted by molar-refractivity contribution is -0.115. The Bertz CT molecular complexity index is 938. The molecule has 1 aliphatic rings. The average Bonchev–Trinajstić information content (AvgIpc) is 2.99. The van der Waals surface area contributed by atoms with E-state index in [2.05, 4.69) is 10.6 Å². The molecule has 0 saturated carbocycles. The summed E-state index contributed by atoms with van der Waals surface area (Å²) in [6, 6.07) is 11.5. The molecule has 0 bridgehead atoms. The fourth-order valence-electron chi connectivity index (χ4n) is 2.39. The van der Waals surface area contributed by atoms with Gasteiger partial charge in [-0.15, -0.1) is 0 Å². The van der Waals surface area contributed by atoms with Gasteiger partial charge in [-0.25, -0.2) is 4.79 Å². The van der Waals surface area contributed by atoms with Crippen LogP contribution in [0.25, 0.3) is 6.08 Å². The van der Waals surface area contributed by atoms with Crippen molar-refractivity contribution in [1.82, 2.24) is 10.6 Å². The lowest BCUT2D eigenvalue weighted by Gasteiger charge is -2.10. The molecule has 0 atom stereocenters. The average molecular weight is 384 g/mol. The molecule has 3 rings (SSSR count). The number of rotatable bonds is 5. The Kier molecular flexibility index (Phi) is 5.37. The summed E-state index contributed by atoms with van der Waals surface area (Å²) in [5, 5.41) is 5.50. The van der Waals surface area contributed by atoms with Gasteiger partial charge in [0.15, 0.2) is 16.6 Å². The molecule has 2 aromatic carbocycles. The maximum atomic E-state index is 12.3. The lowest BCUT2D eigenvalue weighted by atomic mass is 10.1. The molecule has 27 heavy (non-hydrogen) atoms. The molecule has 138 valence electrons. The van der Waals surface area contributed by atoms with Gasteiger partial charge in [0.25, 0.3) is 5.91 Å². The van der Waals surface area contributed by atoms with E-state index in [0.29, 0.717) is 28.3 Å². The Balaban J connectivity index is 1.80. The normalized spacial score (nSPS) is 14.5. The van der Waals surface area contributed by atoms with Gasteiger partial charge in [-0.05, 0) is 60.3 Å². The summed E-state index contributed by atoms with van der Waals surface area (Å²) in [5.41, 5.74) is 1.38. The number of methoxy groups -OCH3 is 2. The van der Waals surface area contributed by atoms with E-state index < -0.39 is 5.97 Å². The van der Waals surface area contributed by atoms with Gasteiger partial charge >= 0.3 is 5.97 Å². The zero-order chi connectivity index (χ0) is 19.4. The number of amides is 1. The molecule has 8 heteroatoms.